The van der Waals surface area contributed by atoms with Crippen LogP contribution >= 0.6 is 0 Å². The number of amides is 1. The molecule has 0 saturated carbocycles. The molecule has 0 spiro atoms. The first-order valence-corrected chi connectivity index (χ1v) is 13.1. The van der Waals surface area contributed by atoms with E-state index in [1.807, 2.05) is 12.1 Å². The Hall–Kier alpha value is -3.13. The zero-order chi connectivity index (χ0) is 22.5. The molecule has 2 atom stereocenters. The van der Waals surface area contributed by atoms with E-state index in [0.29, 0.717) is 6.54 Å². The molecular weight excluding hydrogens is 469 g/mol. The Bertz CT molecular complexity index is 1140. The Balaban J connectivity index is 1.60. The van der Waals surface area contributed by atoms with Gasteiger partial charge in [0.1, 0.15) is 0 Å². The third kappa shape index (κ3) is 4.66. The Morgan fingerprint density at radius 3 is 1.82 bits per heavy atom. The molecule has 33 heavy (non-hydrogen) atoms. The maximum absolute atomic E-state index is 14.4. The van der Waals surface area contributed by atoms with Crippen LogP contribution in [0, 0.1) is 0 Å². The van der Waals surface area contributed by atoms with Gasteiger partial charge in [-0.2, -0.15) is 0 Å². The first-order valence-electron chi connectivity index (χ1n) is 11.4. The Morgan fingerprint density at radius 1 is 0.697 bits per heavy atom. The van der Waals surface area contributed by atoms with Gasteiger partial charge in [-0.15, -0.1) is 0 Å². The zero-order valence-electron chi connectivity index (χ0n) is 18.5. The Kier molecular flexibility index (Phi) is 6.44. The van der Waals surface area contributed by atoms with Crippen LogP contribution in [-0.4, -0.2) is 32.3 Å². The van der Waals surface area contributed by atoms with E-state index in [1.54, 1.807) is 0 Å². The van der Waals surface area contributed by atoms with Crippen LogP contribution < -0.4 is 4.46 Å². The normalized spacial score (nSPS) is 20.2. The Morgan fingerprint density at radius 2 is 1.21 bits per heavy atom. The van der Waals surface area contributed by atoms with Crippen molar-refractivity contribution in [2.45, 2.75) is 23.2 Å². The molecule has 0 radical (unpaired) electrons. The van der Waals surface area contributed by atoms with Crippen molar-refractivity contribution in [3.05, 3.63) is 138 Å². The van der Waals surface area contributed by atoms with Crippen LogP contribution in [0.3, 0.4) is 0 Å². The SMILES string of the molecule is O=C1N(Cc2ccccc2)C[C@@H](c2ccccc2)[C@@]1(Cc1ccccc1)[Se]c1ccccc1. The van der Waals surface area contributed by atoms with Gasteiger partial charge in [-0.05, 0) is 0 Å². The first kappa shape index (κ1) is 21.7. The molecule has 4 aromatic carbocycles. The second-order valence-corrected chi connectivity index (χ2v) is 11.5. The van der Waals surface area contributed by atoms with E-state index in [9.17, 15) is 4.79 Å². The van der Waals surface area contributed by atoms with Crippen molar-refractivity contribution in [2.75, 3.05) is 6.54 Å². The molecule has 5 rings (SSSR count). The summed E-state index contributed by atoms with van der Waals surface area (Å²) in [5.74, 6) is 0.434. The standard InChI is InChI=1S/C30H27NOSe/c32-29-30(21-24-13-5-1-6-14-24,33-27-19-11-4-12-20-27)28(26-17-9-3-10-18-26)23-31(29)22-25-15-7-2-8-16-25/h1-20,28H,21-23H2/t28-,30+/m0/s1. The molecule has 1 amide bonds. The van der Waals surface area contributed by atoms with Crippen molar-refractivity contribution in [3.8, 4) is 0 Å². The van der Waals surface area contributed by atoms with Gasteiger partial charge in [0.25, 0.3) is 0 Å². The number of benzene rings is 4. The van der Waals surface area contributed by atoms with Crippen LogP contribution in [0.1, 0.15) is 22.6 Å². The molecule has 1 fully saturated rings. The van der Waals surface area contributed by atoms with Crippen molar-refractivity contribution in [1.29, 1.82) is 0 Å². The molecule has 0 N–H and O–H groups in total. The van der Waals surface area contributed by atoms with Gasteiger partial charge < -0.3 is 0 Å². The quantitative estimate of drug-likeness (QED) is 0.321. The summed E-state index contributed by atoms with van der Waals surface area (Å²) in [4.78, 5) is 16.5. The number of rotatable bonds is 7. The van der Waals surface area contributed by atoms with Crippen molar-refractivity contribution in [3.63, 3.8) is 0 Å². The summed E-state index contributed by atoms with van der Waals surface area (Å²) in [6.07, 6.45) is 0.756. The molecule has 2 nitrogen and oxygen atoms in total. The summed E-state index contributed by atoms with van der Waals surface area (Å²) in [6.45, 7) is 1.41. The fourth-order valence-electron chi connectivity index (χ4n) is 4.82. The zero-order valence-corrected chi connectivity index (χ0v) is 20.2. The van der Waals surface area contributed by atoms with E-state index in [0.717, 1.165) is 13.0 Å². The first-order chi connectivity index (χ1) is 16.2. The van der Waals surface area contributed by atoms with E-state index in [2.05, 4.69) is 114 Å². The molecule has 1 aliphatic rings. The van der Waals surface area contributed by atoms with Crippen LogP contribution in [0.15, 0.2) is 121 Å². The molecule has 4 aromatic rings. The monoisotopic (exact) mass is 497 g/mol. The minimum absolute atomic E-state index is 0.0207. The van der Waals surface area contributed by atoms with Crippen LogP contribution in [0.4, 0.5) is 0 Å². The van der Waals surface area contributed by atoms with Gasteiger partial charge in [0.15, 0.2) is 0 Å². The van der Waals surface area contributed by atoms with Crippen molar-refractivity contribution in [1.82, 2.24) is 4.90 Å². The average molecular weight is 497 g/mol. The molecule has 0 aliphatic carbocycles. The molecule has 1 saturated heterocycles. The predicted molar refractivity (Wildman–Crippen MR) is 136 cm³/mol. The third-order valence-corrected chi connectivity index (χ3v) is 9.48. The van der Waals surface area contributed by atoms with E-state index >= 15 is 0 Å². The molecule has 0 unspecified atom stereocenters. The fourth-order valence-corrected chi connectivity index (χ4v) is 8.01. The number of nitrogens with zero attached hydrogens (tertiary/aromatic N) is 1. The van der Waals surface area contributed by atoms with Crippen molar-refractivity contribution < 1.29 is 4.79 Å². The van der Waals surface area contributed by atoms with E-state index in [-0.39, 0.29) is 26.8 Å². The van der Waals surface area contributed by atoms with Crippen LogP contribution in [0.2, 0.25) is 4.31 Å². The summed E-state index contributed by atoms with van der Waals surface area (Å²) in [6, 6.07) is 42.2. The minimum atomic E-state index is -0.466. The second-order valence-electron chi connectivity index (χ2n) is 8.60. The van der Waals surface area contributed by atoms with Gasteiger partial charge in [0.2, 0.25) is 0 Å². The number of carbonyl (C=O) groups is 1. The van der Waals surface area contributed by atoms with E-state index in [4.69, 9.17) is 0 Å². The summed E-state index contributed by atoms with van der Waals surface area (Å²) in [5, 5.41) is 0. The molecule has 1 heterocycles. The maximum atomic E-state index is 14.4. The number of carbonyl (C=O) groups excluding carboxylic acids is 1. The third-order valence-electron chi connectivity index (χ3n) is 6.39. The van der Waals surface area contributed by atoms with Crippen molar-refractivity contribution >= 4 is 25.3 Å². The predicted octanol–water partition coefficient (Wildman–Crippen LogP) is 5.24. The number of hydrogen-bond donors (Lipinski definition) is 0. The Labute approximate surface area is 202 Å². The summed E-state index contributed by atoms with van der Waals surface area (Å²) >= 11 is -0.0207. The summed E-state index contributed by atoms with van der Waals surface area (Å²) in [5.41, 5.74) is 3.67. The van der Waals surface area contributed by atoms with Crippen LogP contribution in [0.5, 0.6) is 0 Å². The van der Waals surface area contributed by atoms with Crippen LogP contribution in [0.25, 0.3) is 0 Å². The van der Waals surface area contributed by atoms with Crippen molar-refractivity contribution in [2.24, 2.45) is 0 Å². The molecule has 3 heteroatoms. The molecular formula is C30H27NOSe. The topological polar surface area (TPSA) is 20.3 Å². The second kappa shape index (κ2) is 9.79. The molecule has 0 aromatic heterocycles. The van der Waals surface area contributed by atoms with Gasteiger partial charge in [0, 0.05) is 0 Å². The average Bonchev–Trinajstić information content (AvgIpc) is 3.12. The summed E-state index contributed by atoms with van der Waals surface area (Å²) in [7, 11) is 0. The van der Waals surface area contributed by atoms with Gasteiger partial charge in [-0.25, -0.2) is 0 Å². The number of likely N-dealkylation sites (tertiary alicyclic amines) is 1. The number of hydrogen-bond acceptors (Lipinski definition) is 1. The van der Waals surface area contributed by atoms with E-state index in [1.165, 1.54) is 21.2 Å². The van der Waals surface area contributed by atoms with Gasteiger partial charge in [-0.3, -0.25) is 0 Å². The molecule has 1 aliphatic heterocycles. The van der Waals surface area contributed by atoms with Crippen LogP contribution in [-0.2, 0) is 17.8 Å². The molecule has 164 valence electrons. The fraction of sp³-hybridized carbons (Fsp3) is 0.167. The van der Waals surface area contributed by atoms with E-state index < -0.39 is 4.31 Å². The van der Waals surface area contributed by atoms with Gasteiger partial charge in [0.05, 0.1) is 0 Å². The molecule has 0 bridgehead atoms. The van der Waals surface area contributed by atoms with Gasteiger partial charge >= 0.3 is 203 Å². The van der Waals surface area contributed by atoms with Gasteiger partial charge in [-0.1, -0.05) is 0 Å². The summed E-state index contributed by atoms with van der Waals surface area (Å²) < 4.78 is 0.808.